The smallest absolute Gasteiger partial charge is 0.312 e. The quantitative estimate of drug-likeness (QED) is 0.419. The van der Waals surface area contributed by atoms with Crippen LogP contribution in [0.4, 0.5) is 0 Å². The number of benzene rings is 1. The highest BCUT2D eigenvalue weighted by Crippen LogP contribution is 2.46. The molecule has 0 saturated heterocycles. The van der Waals surface area contributed by atoms with Crippen LogP contribution in [0.15, 0.2) is 35.4 Å². The maximum absolute atomic E-state index is 12.0. The molecular formula is C14H21N2O4P. The number of hydrogen-bond acceptors (Lipinski definition) is 6. The van der Waals surface area contributed by atoms with E-state index in [-0.39, 0.29) is 17.7 Å². The fraction of sp³-hybridized carbons (Fsp3) is 0.429. The summed E-state index contributed by atoms with van der Waals surface area (Å²) in [4.78, 5) is 12.0. The van der Waals surface area contributed by atoms with Crippen LogP contribution in [0, 0.1) is 0 Å². The molecule has 0 fully saturated rings. The van der Waals surface area contributed by atoms with E-state index in [0.29, 0.717) is 6.54 Å². The first-order valence-corrected chi connectivity index (χ1v) is 8.17. The van der Waals surface area contributed by atoms with Gasteiger partial charge in [0.2, 0.25) is 0 Å². The van der Waals surface area contributed by atoms with E-state index in [0.717, 1.165) is 5.56 Å². The largest absolute Gasteiger partial charge is 0.337 e. The molecule has 0 N–H and O–H groups in total. The van der Waals surface area contributed by atoms with Gasteiger partial charge in [0.15, 0.2) is 5.78 Å². The summed E-state index contributed by atoms with van der Waals surface area (Å²) < 4.78 is 21.4. The molecule has 0 unspecified atom stereocenters. The van der Waals surface area contributed by atoms with E-state index in [2.05, 4.69) is 5.10 Å². The molecule has 7 heteroatoms. The zero-order valence-corrected chi connectivity index (χ0v) is 13.7. The molecule has 0 aromatic heterocycles. The van der Waals surface area contributed by atoms with Crippen LogP contribution in [0.5, 0.6) is 0 Å². The molecule has 0 spiro atoms. The third-order valence-corrected chi connectivity index (χ3v) is 4.66. The molecule has 0 saturated carbocycles. The number of hydrogen-bond donors (Lipinski definition) is 0. The van der Waals surface area contributed by atoms with Gasteiger partial charge in [0.1, 0.15) is 11.9 Å². The molecule has 0 aliphatic rings. The predicted octanol–water partition coefficient (Wildman–Crippen LogP) is 2.55. The van der Waals surface area contributed by atoms with Crippen molar-refractivity contribution >= 4 is 19.1 Å². The molecule has 1 aromatic carbocycles. The highest BCUT2D eigenvalue weighted by molar-refractivity contribution is 7.55. The zero-order valence-electron chi connectivity index (χ0n) is 12.8. The molecule has 0 bridgehead atoms. The molecule has 6 nitrogen and oxygen atoms in total. The molecule has 0 heterocycles. The van der Waals surface area contributed by atoms with Crippen molar-refractivity contribution in [3.63, 3.8) is 0 Å². The zero-order chi connectivity index (χ0) is 15.9. The van der Waals surface area contributed by atoms with E-state index in [1.165, 1.54) is 14.2 Å². The van der Waals surface area contributed by atoms with Crippen molar-refractivity contribution in [2.45, 2.75) is 13.5 Å². The van der Waals surface area contributed by atoms with E-state index in [1.807, 2.05) is 30.3 Å². The Labute approximate surface area is 125 Å². The van der Waals surface area contributed by atoms with Gasteiger partial charge in [-0.15, -0.1) is 0 Å². The highest BCUT2D eigenvalue weighted by Gasteiger charge is 2.26. The first-order valence-electron chi connectivity index (χ1n) is 6.44. The number of carbonyl (C=O) groups is 1. The number of carbonyl (C=O) groups excluding carboxylic acids is 1. The van der Waals surface area contributed by atoms with E-state index < -0.39 is 7.60 Å². The summed E-state index contributed by atoms with van der Waals surface area (Å²) in [5.41, 5.74) is 1.35. The van der Waals surface area contributed by atoms with Gasteiger partial charge in [-0.1, -0.05) is 30.3 Å². The van der Waals surface area contributed by atoms with E-state index in [4.69, 9.17) is 9.05 Å². The Morgan fingerprint density at radius 3 is 2.33 bits per heavy atom. The second-order valence-electron chi connectivity index (χ2n) is 4.54. The fourth-order valence-corrected chi connectivity index (χ4v) is 2.68. The lowest BCUT2D eigenvalue weighted by Crippen LogP contribution is -2.21. The van der Waals surface area contributed by atoms with Gasteiger partial charge >= 0.3 is 7.60 Å². The average molecular weight is 312 g/mol. The maximum atomic E-state index is 12.0. The Bertz CT molecular complexity index is 537. The van der Waals surface area contributed by atoms with Crippen molar-refractivity contribution in [1.82, 2.24) is 5.01 Å². The van der Waals surface area contributed by atoms with Gasteiger partial charge in [-0.2, -0.15) is 5.10 Å². The number of rotatable bonds is 8. The molecule has 0 radical (unpaired) electrons. The van der Waals surface area contributed by atoms with Gasteiger partial charge in [-0.25, -0.2) is 0 Å². The number of Topliss-reactive ketones (excluding diaryl/α,β-unsaturated/α-hetero) is 1. The van der Waals surface area contributed by atoms with Gasteiger partial charge in [-0.3, -0.25) is 14.4 Å². The van der Waals surface area contributed by atoms with Gasteiger partial charge in [0, 0.05) is 21.3 Å². The fourth-order valence-electron chi connectivity index (χ4n) is 1.69. The lowest BCUT2D eigenvalue weighted by atomic mass is 10.2. The molecular weight excluding hydrogens is 291 g/mol. The minimum Gasteiger partial charge on any atom is -0.312 e. The summed E-state index contributed by atoms with van der Waals surface area (Å²) in [6.07, 6.45) is -0.311. The number of nitrogens with zero attached hydrogens (tertiary/aromatic N) is 2. The molecule has 21 heavy (non-hydrogen) atoms. The Kier molecular flexibility index (Phi) is 6.75. The summed E-state index contributed by atoms with van der Waals surface area (Å²) in [5.74, 6) is -0.359. The Morgan fingerprint density at radius 2 is 1.81 bits per heavy atom. The second-order valence-corrected chi connectivity index (χ2v) is 6.81. The molecule has 0 atom stereocenters. The lowest BCUT2D eigenvalue weighted by molar-refractivity contribution is -0.111. The Balaban J connectivity index is 2.66. The van der Waals surface area contributed by atoms with Crippen LogP contribution in [0.3, 0.4) is 0 Å². The molecule has 0 aliphatic carbocycles. The SMILES string of the molecule is COP(=O)(CC(=O)/C(C)=N/N(C)Cc1ccccc1)OC. The van der Waals surface area contributed by atoms with Gasteiger partial charge in [0.05, 0.1) is 6.54 Å². The van der Waals surface area contributed by atoms with E-state index >= 15 is 0 Å². The average Bonchev–Trinajstić information content (AvgIpc) is 2.47. The second kappa shape index (κ2) is 8.08. The molecule has 1 rings (SSSR count). The predicted molar refractivity (Wildman–Crippen MR) is 82.5 cm³/mol. The van der Waals surface area contributed by atoms with Gasteiger partial charge < -0.3 is 9.05 Å². The summed E-state index contributed by atoms with van der Waals surface area (Å²) in [5, 5.41) is 5.85. The van der Waals surface area contributed by atoms with Crippen molar-refractivity contribution in [2.75, 3.05) is 27.4 Å². The van der Waals surface area contributed by atoms with E-state index in [9.17, 15) is 9.36 Å². The normalized spacial score (nSPS) is 12.3. The van der Waals surface area contributed by atoms with Crippen LogP contribution in [0.1, 0.15) is 12.5 Å². The Hall–Kier alpha value is -1.49. The molecule has 0 amide bonds. The molecule has 1 aromatic rings. The van der Waals surface area contributed by atoms with Gasteiger partial charge in [0.25, 0.3) is 0 Å². The van der Waals surface area contributed by atoms with Crippen LogP contribution in [0.25, 0.3) is 0 Å². The first kappa shape index (κ1) is 17.6. The van der Waals surface area contributed by atoms with Crippen LogP contribution in [0.2, 0.25) is 0 Å². The van der Waals surface area contributed by atoms with Crippen molar-refractivity contribution in [1.29, 1.82) is 0 Å². The summed E-state index contributed by atoms with van der Waals surface area (Å²) in [6.45, 7) is 2.16. The van der Waals surface area contributed by atoms with Crippen molar-refractivity contribution < 1.29 is 18.4 Å². The lowest BCUT2D eigenvalue weighted by Gasteiger charge is -2.15. The molecule has 116 valence electrons. The number of hydrazone groups is 1. The van der Waals surface area contributed by atoms with Crippen LogP contribution >= 0.6 is 7.60 Å². The monoisotopic (exact) mass is 312 g/mol. The highest BCUT2D eigenvalue weighted by atomic mass is 31.2. The minimum absolute atomic E-state index is 0.266. The number of ketones is 1. The molecule has 0 aliphatic heterocycles. The van der Waals surface area contributed by atoms with Crippen LogP contribution in [-0.4, -0.2) is 43.9 Å². The minimum atomic E-state index is -3.35. The van der Waals surface area contributed by atoms with Crippen LogP contribution in [-0.2, 0) is 25.0 Å². The summed E-state index contributed by atoms with van der Waals surface area (Å²) in [6, 6.07) is 9.78. The van der Waals surface area contributed by atoms with Crippen molar-refractivity contribution in [3.8, 4) is 0 Å². The third-order valence-electron chi connectivity index (χ3n) is 2.87. The van der Waals surface area contributed by atoms with Gasteiger partial charge in [-0.05, 0) is 12.5 Å². The van der Waals surface area contributed by atoms with E-state index in [1.54, 1.807) is 19.0 Å². The van der Waals surface area contributed by atoms with Crippen molar-refractivity contribution in [3.05, 3.63) is 35.9 Å². The maximum Gasteiger partial charge on any atom is 0.337 e. The summed E-state index contributed by atoms with van der Waals surface area (Å²) in [7, 11) is 0.935. The van der Waals surface area contributed by atoms with Crippen molar-refractivity contribution in [2.24, 2.45) is 5.10 Å². The van der Waals surface area contributed by atoms with Crippen LogP contribution < -0.4 is 0 Å². The third kappa shape index (κ3) is 5.79. The first-order chi connectivity index (χ1) is 9.90. The standard InChI is InChI=1S/C14H21N2O4P/c1-12(14(17)11-21(18,19-3)20-4)15-16(2)10-13-8-6-5-7-9-13/h5-9H,10-11H2,1-4H3/b15-12+. The summed E-state index contributed by atoms with van der Waals surface area (Å²) >= 11 is 0. The topological polar surface area (TPSA) is 68.2 Å². The Morgan fingerprint density at radius 1 is 1.24 bits per heavy atom.